The number of fused-ring (bicyclic) bond motifs is 2. The molecule has 0 fully saturated rings. The van der Waals surface area contributed by atoms with Crippen LogP contribution in [0.4, 0.5) is 0 Å². The van der Waals surface area contributed by atoms with Gasteiger partial charge in [0.1, 0.15) is 11.6 Å². The molecule has 1 aromatic carbocycles. The van der Waals surface area contributed by atoms with Gasteiger partial charge in [0.15, 0.2) is 0 Å². The lowest BCUT2D eigenvalue weighted by atomic mass is 10.1. The summed E-state index contributed by atoms with van der Waals surface area (Å²) in [5, 5.41) is 13.4. The number of nitrogens with zero attached hydrogens (tertiary/aromatic N) is 3. The Balaban J connectivity index is 1.48. The van der Waals surface area contributed by atoms with E-state index in [2.05, 4.69) is 56.3 Å². The van der Waals surface area contributed by atoms with Crippen molar-refractivity contribution in [2.45, 2.75) is 38.9 Å². The Kier molecular flexibility index (Phi) is 3.00. The van der Waals surface area contributed by atoms with Gasteiger partial charge < -0.3 is 14.9 Å². The molecule has 0 spiro atoms. The lowest BCUT2D eigenvalue weighted by molar-refractivity contribution is 0.516. The topological polar surface area (TPSA) is 58.5 Å². The van der Waals surface area contributed by atoms with Crippen molar-refractivity contribution in [3.05, 3.63) is 47.7 Å². The summed E-state index contributed by atoms with van der Waals surface area (Å²) in [6.07, 6.45) is 4.22. The molecule has 3 aromatic rings. The van der Waals surface area contributed by atoms with E-state index in [1.54, 1.807) is 0 Å². The zero-order chi connectivity index (χ0) is 14.2. The Labute approximate surface area is 123 Å². The molecule has 0 saturated heterocycles. The van der Waals surface area contributed by atoms with E-state index >= 15 is 0 Å². The SMILES string of the molecule is CC(NCc1ccc2cc[nH]c2c1)c1nnc2n1CCC2. The Hall–Kier alpha value is -2.14. The Morgan fingerprint density at radius 1 is 1.33 bits per heavy atom. The van der Waals surface area contributed by atoms with Gasteiger partial charge in [0.05, 0.1) is 6.04 Å². The van der Waals surface area contributed by atoms with Crippen LogP contribution in [0, 0.1) is 0 Å². The van der Waals surface area contributed by atoms with E-state index < -0.39 is 0 Å². The van der Waals surface area contributed by atoms with Crippen molar-refractivity contribution in [3.8, 4) is 0 Å². The number of aromatic amines is 1. The highest BCUT2D eigenvalue weighted by Gasteiger charge is 2.20. The van der Waals surface area contributed by atoms with Crippen molar-refractivity contribution in [3.63, 3.8) is 0 Å². The van der Waals surface area contributed by atoms with Crippen molar-refractivity contribution in [1.29, 1.82) is 0 Å². The number of hydrogen-bond acceptors (Lipinski definition) is 3. The lowest BCUT2D eigenvalue weighted by Gasteiger charge is -2.14. The van der Waals surface area contributed by atoms with Crippen LogP contribution in [0.25, 0.3) is 10.9 Å². The van der Waals surface area contributed by atoms with E-state index in [9.17, 15) is 0 Å². The fraction of sp³-hybridized carbons (Fsp3) is 0.375. The van der Waals surface area contributed by atoms with Crippen molar-refractivity contribution < 1.29 is 0 Å². The summed E-state index contributed by atoms with van der Waals surface area (Å²) in [6, 6.07) is 8.83. The number of aromatic nitrogens is 4. The molecule has 5 heteroatoms. The molecule has 1 aliphatic rings. The van der Waals surface area contributed by atoms with Crippen molar-refractivity contribution >= 4 is 10.9 Å². The molecule has 5 nitrogen and oxygen atoms in total. The molecule has 0 radical (unpaired) electrons. The number of aryl methyl sites for hydroxylation is 1. The standard InChI is InChI=1S/C16H19N5/c1-11(16-20-19-15-3-2-8-21(15)16)18-10-12-4-5-13-6-7-17-14(13)9-12/h4-7,9,11,17-18H,2-3,8,10H2,1H3. The Bertz CT molecular complexity index is 770. The first-order valence-electron chi connectivity index (χ1n) is 7.52. The van der Waals surface area contributed by atoms with E-state index in [1.165, 1.54) is 22.9 Å². The largest absolute Gasteiger partial charge is 0.361 e. The summed E-state index contributed by atoms with van der Waals surface area (Å²) >= 11 is 0. The normalized spacial score (nSPS) is 15.5. The van der Waals surface area contributed by atoms with Crippen molar-refractivity contribution in [2.24, 2.45) is 0 Å². The highest BCUT2D eigenvalue weighted by Crippen LogP contribution is 2.20. The number of benzene rings is 1. The predicted molar refractivity (Wildman–Crippen MR) is 81.9 cm³/mol. The second kappa shape index (κ2) is 5.00. The average Bonchev–Trinajstić information content (AvgIpc) is 3.19. The third-order valence-corrected chi connectivity index (χ3v) is 4.26. The lowest BCUT2D eigenvalue weighted by Crippen LogP contribution is -2.21. The van der Waals surface area contributed by atoms with Gasteiger partial charge in [-0.3, -0.25) is 0 Å². The van der Waals surface area contributed by atoms with E-state index in [0.717, 1.165) is 31.2 Å². The summed E-state index contributed by atoms with van der Waals surface area (Å²) in [7, 11) is 0. The highest BCUT2D eigenvalue weighted by molar-refractivity contribution is 5.79. The molecule has 1 unspecified atom stereocenters. The van der Waals surface area contributed by atoms with Gasteiger partial charge in [0.2, 0.25) is 0 Å². The van der Waals surface area contributed by atoms with Crippen LogP contribution >= 0.6 is 0 Å². The highest BCUT2D eigenvalue weighted by atomic mass is 15.3. The number of nitrogens with one attached hydrogen (secondary N) is 2. The van der Waals surface area contributed by atoms with E-state index in [1.807, 2.05) is 6.20 Å². The van der Waals surface area contributed by atoms with E-state index in [0.29, 0.717) is 0 Å². The summed E-state index contributed by atoms with van der Waals surface area (Å²) < 4.78 is 2.26. The Morgan fingerprint density at radius 3 is 3.24 bits per heavy atom. The molecule has 3 heterocycles. The molecular formula is C16H19N5. The van der Waals surface area contributed by atoms with Gasteiger partial charge in [0, 0.05) is 31.2 Å². The van der Waals surface area contributed by atoms with Gasteiger partial charge >= 0.3 is 0 Å². The van der Waals surface area contributed by atoms with Crippen LogP contribution in [0.1, 0.15) is 36.6 Å². The van der Waals surface area contributed by atoms with Gasteiger partial charge in [0.25, 0.3) is 0 Å². The van der Waals surface area contributed by atoms with Gasteiger partial charge in [-0.15, -0.1) is 10.2 Å². The minimum atomic E-state index is 0.212. The minimum absolute atomic E-state index is 0.212. The van der Waals surface area contributed by atoms with Gasteiger partial charge in [-0.2, -0.15) is 0 Å². The smallest absolute Gasteiger partial charge is 0.149 e. The van der Waals surface area contributed by atoms with Crippen LogP contribution in [-0.4, -0.2) is 19.7 Å². The molecule has 0 saturated carbocycles. The van der Waals surface area contributed by atoms with Crippen molar-refractivity contribution in [1.82, 2.24) is 25.1 Å². The predicted octanol–water partition coefficient (Wildman–Crippen LogP) is 2.56. The molecule has 1 atom stereocenters. The molecule has 4 rings (SSSR count). The molecular weight excluding hydrogens is 262 g/mol. The maximum absolute atomic E-state index is 4.34. The van der Waals surface area contributed by atoms with Crippen LogP contribution < -0.4 is 5.32 Å². The fourth-order valence-electron chi connectivity index (χ4n) is 3.06. The summed E-state index contributed by atoms with van der Waals surface area (Å²) in [4.78, 5) is 3.25. The fourth-order valence-corrected chi connectivity index (χ4v) is 3.06. The molecule has 0 bridgehead atoms. The van der Waals surface area contributed by atoms with Gasteiger partial charge in [-0.1, -0.05) is 12.1 Å². The third kappa shape index (κ3) is 2.23. The van der Waals surface area contributed by atoms with Crippen LogP contribution in [0.15, 0.2) is 30.5 Å². The number of rotatable bonds is 4. The van der Waals surface area contributed by atoms with Crippen molar-refractivity contribution in [2.75, 3.05) is 0 Å². The van der Waals surface area contributed by atoms with Gasteiger partial charge in [-0.25, -0.2) is 0 Å². The molecule has 108 valence electrons. The van der Waals surface area contributed by atoms with Crippen LogP contribution in [0.2, 0.25) is 0 Å². The minimum Gasteiger partial charge on any atom is -0.361 e. The maximum atomic E-state index is 4.34. The average molecular weight is 281 g/mol. The number of H-pyrrole nitrogens is 1. The molecule has 1 aliphatic heterocycles. The third-order valence-electron chi connectivity index (χ3n) is 4.26. The molecule has 0 aliphatic carbocycles. The van der Waals surface area contributed by atoms with E-state index in [-0.39, 0.29) is 6.04 Å². The molecule has 0 amide bonds. The summed E-state index contributed by atoms with van der Waals surface area (Å²) in [6.45, 7) is 4.04. The first-order chi connectivity index (χ1) is 10.3. The second-order valence-corrected chi connectivity index (χ2v) is 5.73. The van der Waals surface area contributed by atoms with Crippen LogP contribution in [0.3, 0.4) is 0 Å². The monoisotopic (exact) mass is 281 g/mol. The first kappa shape index (κ1) is 12.6. The molecule has 2 N–H and O–H groups in total. The zero-order valence-electron chi connectivity index (χ0n) is 12.1. The summed E-state index contributed by atoms with van der Waals surface area (Å²) in [5.74, 6) is 2.19. The van der Waals surface area contributed by atoms with Crippen LogP contribution in [-0.2, 0) is 19.5 Å². The molecule has 2 aromatic heterocycles. The van der Waals surface area contributed by atoms with E-state index in [4.69, 9.17) is 0 Å². The summed E-state index contributed by atoms with van der Waals surface area (Å²) in [5.41, 5.74) is 2.46. The van der Waals surface area contributed by atoms with Gasteiger partial charge in [-0.05, 0) is 36.4 Å². The first-order valence-corrected chi connectivity index (χ1v) is 7.52. The maximum Gasteiger partial charge on any atom is 0.149 e. The van der Waals surface area contributed by atoms with Crippen LogP contribution in [0.5, 0.6) is 0 Å². The Morgan fingerprint density at radius 2 is 2.29 bits per heavy atom. The number of hydrogen-bond donors (Lipinski definition) is 2. The molecule has 21 heavy (non-hydrogen) atoms. The quantitative estimate of drug-likeness (QED) is 0.772. The zero-order valence-corrected chi connectivity index (χ0v) is 12.1. The second-order valence-electron chi connectivity index (χ2n) is 5.73.